The molecule has 1 aliphatic carbocycles. The van der Waals surface area contributed by atoms with Gasteiger partial charge in [0.15, 0.2) is 0 Å². The zero-order valence-corrected chi connectivity index (χ0v) is 19.5. The Morgan fingerprint density at radius 2 is 1.94 bits per heavy atom. The molecule has 0 unspecified atom stereocenters. The van der Waals surface area contributed by atoms with Crippen LogP contribution in [-0.2, 0) is 17.9 Å². The highest BCUT2D eigenvalue weighted by molar-refractivity contribution is 5.99. The van der Waals surface area contributed by atoms with Crippen molar-refractivity contribution in [2.75, 3.05) is 0 Å². The highest BCUT2D eigenvalue weighted by Gasteiger charge is 2.48. The van der Waals surface area contributed by atoms with Gasteiger partial charge in [0, 0.05) is 25.0 Å². The number of carbonyl (C=O) groups excluding carboxylic acids is 2. The predicted molar refractivity (Wildman–Crippen MR) is 123 cm³/mol. The molecule has 0 aromatic carbocycles. The van der Waals surface area contributed by atoms with Crippen LogP contribution in [0.2, 0.25) is 0 Å². The third-order valence-corrected chi connectivity index (χ3v) is 6.90. The second kappa shape index (κ2) is 9.43. The van der Waals surface area contributed by atoms with Gasteiger partial charge in [0.2, 0.25) is 5.91 Å². The van der Waals surface area contributed by atoms with Crippen molar-refractivity contribution in [3.05, 3.63) is 47.5 Å². The third-order valence-electron chi connectivity index (χ3n) is 6.90. The molecule has 1 fully saturated rings. The molecular weight excluding hydrogens is 402 g/mol. The van der Waals surface area contributed by atoms with Crippen LogP contribution in [0.3, 0.4) is 0 Å². The van der Waals surface area contributed by atoms with Crippen molar-refractivity contribution in [2.45, 2.75) is 96.3 Å². The highest BCUT2D eigenvalue weighted by Crippen LogP contribution is 2.31. The molecule has 0 radical (unpaired) electrons. The van der Waals surface area contributed by atoms with Gasteiger partial charge in [-0.15, -0.1) is 0 Å². The summed E-state index contributed by atoms with van der Waals surface area (Å²) < 4.78 is 1.73. The Hall–Kier alpha value is -2.70. The molecule has 4 rings (SSSR count). The van der Waals surface area contributed by atoms with Gasteiger partial charge in [0.1, 0.15) is 11.2 Å². The minimum absolute atomic E-state index is 0.0902. The van der Waals surface area contributed by atoms with E-state index in [9.17, 15) is 9.59 Å². The first-order valence-corrected chi connectivity index (χ1v) is 12.0. The molecule has 2 aromatic heterocycles. The lowest BCUT2D eigenvalue weighted by atomic mass is 9.92. The van der Waals surface area contributed by atoms with Crippen molar-refractivity contribution in [3.63, 3.8) is 0 Å². The average molecular weight is 438 g/mol. The van der Waals surface area contributed by atoms with Gasteiger partial charge in [0.05, 0.1) is 12.2 Å². The van der Waals surface area contributed by atoms with Crippen LogP contribution in [0.4, 0.5) is 0 Å². The topological polar surface area (TPSA) is 80.1 Å². The van der Waals surface area contributed by atoms with Crippen molar-refractivity contribution in [1.29, 1.82) is 0 Å². The van der Waals surface area contributed by atoms with Crippen molar-refractivity contribution in [3.8, 4) is 0 Å². The van der Waals surface area contributed by atoms with Crippen molar-refractivity contribution < 1.29 is 9.59 Å². The van der Waals surface area contributed by atoms with E-state index in [1.165, 1.54) is 19.3 Å². The summed E-state index contributed by atoms with van der Waals surface area (Å²) in [6.45, 7) is 6.68. The van der Waals surface area contributed by atoms with Crippen LogP contribution in [-0.4, -0.2) is 43.1 Å². The fourth-order valence-electron chi connectivity index (χ4n) is 4.81. The van der Waals surface area contributed by atoms with Crippen LogP contribution < -0.4 is 5.32 Å². The van der Waals surface area contributed by atoms with Crippen LogP contribution in [0.5, 0.6) is 0 Å². The molecule has 0 bridgehead atoms. The van der Waals surface area contributed by atoms with Crippen LogP contribution in [0, 0.1) is 0 Å². The molecule has 1 atom stereocenters. The number of rotatable bonds is 5. The predicted octanol–water partition coefficient (Wildman–Crippen LogP) is 4.05. The van der Waals surface area contributed by atoms with Gasteiger partial charge in [-0.1, -0.05) is 52.0 Å². The number of pyridine rings is 1. The smallest absolute Gasteiger partial charge is 0.273 e. The monoisotopic (exact) mass is 437 g/mol. The van der Waals surface area contributed by atoms with E-state index >= 15 is 0 Å². The van der Waals surface area contributed by atoms with Crippen LogP contribution in [0.1, 0.15) is 93.4 Å². The maximum Gasteiger partial charge on any atom is 0.273 e. The summed E-state index contributed by atoms with van der Waals surface area (Å²) >= 11 is 0. The molecule has 2 aromatic rings. The van der Waals surface area contributed by atoms with Crippen molar-refractivity contribution in [2.24, 2.45) is 0 Å². The molecule has 172 valence electrons. The number of hydrogen-bond donors (Lipinski definition) is 1. The quantitative estimate of drug-likeness (QED) is 0.765. The van der Waals surface area contributed by atoms with E-state index in [-0.39, 0.29) is 23.8 Å². The van der Waals surface area contributed by atoms with Gasteiger partial charge in [-0.3, -0.25) is 19.3 Å². The number of hydrogen-bond acceptors (Lipinski definition) is 4. The Bertz CT molecular complexity index is 946. The standard InChI is InChI=1S/C25H35N5O2/c1-18(2)21-14-22-23(31)29(16-19-10-9-13-26-15-19)25(3,17-30(22)28-21)24(32)27-20-11-7-5-4-6-8-12-20/h9-10,13-15,18,20H,4-8,11-12,16-17H2,1-3H3,(H,27,32)/t25-/m0/s1. The minimum atomic E-state index is -1.03. The summed E-state index contributed by atoms with van der Waals surface area (Å²) in [6.07, 6.45) is 11.5. The van der Waals surface area contributed by atoms with E-state index < -0.39 is 5.54 Å². The number of aromatic nitrogens is 3. The Morgan fingerprint density at radius 1 is 1.22 bits per heavy atom. The summed E-state index contributed by atoms with van der Waals surface area (Å²) in [5.74, 6) is -0.0370. The summed E-state index contributed by atoms with van der Waals surface area (Å²) in [5, 5.41) is 7.98. The van der Waals surface area contributed by atoms with Crippen LogP contribution in [0.25, 0.3) is 0 Å². The van der Waals surface area contributed by atoms with Crippen LogP contribution >= 0.6 is 0 Å². The Balaban J connectivity index is 1.64. The number of nitrogens with zero attached hydrogens (tertiary/aromatic N) is 4. The molecular formula is C25H35N5O2. The summed E-state index contributed by atoms with van der Waals surface area (Å²) in [5.41, 5.74) is 1.30. The SMILES string of the molecule is CC(C)c1cc2n(n1)C[C@@](C)(C(=O)NC1CCCCCCC1)N(Cc1cccnc1)C2=O. The summed E-state index contributed by atoms with van der Waals surface area (Å²) in [7, 11) is 0. The minimum Gasteiger partial charge on any atom is -0.351 e. The molecule has 2 amide bonds. The molecule has 2 aliphatic rings. The summed E-state index contributed by atoms with van der Waals surface area (Å²) in [6, 6.07) is 5.84. The lowest BCUT2D eigenvalue weighted by Crippen LogP contribution is -2.64. The van der Waals surface area contributed by atoms with E-state index in [0.29, 0.717) is 18.8 Å². The van der Waals surface area contributed by atoms with E-state index in [4.69, 9.17) is 0 Å². The Morgan fingerprint density at radius 3 is 2.59 bits per heavy atom. The fourth-order valence-corrected chi connectivity index (χ4v) is 4.81. The van der Waals surface area contributed by atoms with Gasteiger partial charge in [-0.25, -0.2) is 0 Å². The maximum absolute atomic E-state index is 13.7. The molecule has 0 saturated heterocycles. The maximum atomic E-state index is 13.7. The molecule has 0 spiro atoms. The molecule has 32 heavy (non-hydrogen) atoms. The van der Waals surface area contributed by atoms with E-state index in [1.54, 1.807) is 22.0 Å². The second-order valence-electron chi connectivity index (χ2n) is 9.81. The number of amides is 2. The van der Waals surface area contributed by atoms with E-state index in [1.807, 2.05) is 25.1 Å². The number of carbonyl (C=O) groups is 2. The van der Waals surface area contributed by atoms with Gasteiger partial charge in [0.25, 0.3) is 5.91 Å². The molecule has 1 N–H and O–H groups in total. The van der Waals surface area contributed by atoms with Gasteiger partial charge in [-0.2, -0.15) is 5.10 Å². The first-order valence-electron chi connectivity index (χ1n) is 12.0. The molecule has 7 nitrogen and oxygen atoms in total. The zero-order valence-electron chi connectivity index (χ0n) is 19.5. The molecule has 7 heteroatoms. The first kappa shape index (κ1) is 22.5. The fraction of sp³-hybridized carbons (Fsp3) is 0.600. The number of fused-ring (bicyclic) bond motifs is 1. The zero-order chi connectivity index (χ0) is 22.7. The molecule has 1 saturated carbocycles. The molecule has 3 heterocycles. The van der Waals surface area contributed by atoms with Gasteiger partial charge in [-0.05, 0) is 43.4 Å². The average Bonchev–Trinajstić information content (AvgIpc) is 3.18. The lowest BCUT2D eigenvalue weighted by Gasteiger charge is -2.44. The molecule has 1 aliphatic heterocycles. The normalized spacial score (nSPS) is 22.4. The third kappa shape index (κ3) is 4.57. The highest BCUT2D eigenvalue weighted by atomic mass is 16.2. The van der Waals surface area contributed by atoms with Gasteiger partial charge >= 0.3 is 0 Å². The second-order valence-corrected chi connectivity index (χ2v) is 9.81. The van der Waals surface area contributed by atoms with Crippen molar-refractivity contribution in [1.82, 2.24) is 25.0 Å². The van der Waals surface area contributed by atoms with Crippen molar-refractivity contribution >= 4 is 11.8 Å². The van der Waals surface area contributed by atoms with Gasteiger partial charge < -0.3 is 10.2 Å². The largest absolute Gasteiger partial charge is 0.351 e. The van der Waals surface area contributed by atoms with E-state index in [2.05, 4.69) is 29.2 Å². The Kier molecular flexibility index (Phi) is 6.63. The first-order chi connectivity index (χ1) is 15.4. The Labute approximate surface area is 190 Å². The summed E-state index contributed by atoms with van der Waals surface area (Å²) in [4.78, 5) is 33.3. The lowest BCUT2D eigenvalue weighted by molar-refractivity contribution is -0.134. The number of nitrogens with one attached hydrogen (secondary N) is 1. The van der Waals surface area contributed by atoms with E-state index in [0.717, 1.165) is 36.9 Å². The van der Waals surface area contributed by atoms with Crippen LogP contribution in [0.15, 0.2) is 30.6 Å².